The summed E-state index contributed by atoms with van der Waals surface area (Å²) in [6, 6.07) is 46.1. The van der Waals surface area contributed by atoms with Gasteiger partial charge in [0.2, 0.25) is 11.9 Å². The first kappa shape index (κ1) is 44.5. The summed E-state index contributed by atoms with van der Waals surface area (Å²) in [6.45, 7) is -0.435. The molecule has 6 rings (SSSR count). The second kappa shape index (κ2) is 23.1. The van der Waals surface area contributed by atoms with Gasteiger partial charge < -0.3 is 35.3 Å². The summed E-state index contributed by atoms with van der Waals surface area (Å²) in [6.07, 6.45) is -2.82. The van der Waals surface area contributed by atoms with Crippen LogP contribution in [-0.4, -0.2) is 59.6 Å². The van der Waals surface area contributed by atoms with Crippen LogP contribution in [0.15, 0.2) is 169 Å². The molecule has 4 amide bonds. The van der Waals surface area contributed by atoms with Crippen molar-refractivity contribution in [2.45, 2.75) is 51.2 Å². The monoisotopic (exact) mass is 849 g/mol. The number of fused-ring (bicyclic) bond motifs is 1. The highest BCUT2D eigenvalue weighted by atomic mass is 16.6. The van der Waals surface area contributed by atoms with Crippen LogP contribution < -0.4 is 21.1 Å². The van der Waals surface area contributed by atoms with Crippen molar-refractivity contribution in [3.05, 3.63) is 186 Å². The summed E-state index contributed by atoms with van der Waals surface area (Å²) in [4.78, 5) is 72.5. The average molecular weight is 850 g/mol. The van der Waals surface area contributed by atoms with E-state index in [4.69, 9.17) is 24.7 Å². The molecule has 0 aliphatic rings. The van der Waals surface area contributed by atoms with E-state index in [9.17, 15) is 24.0 Å². The molecule has 322 valence electrons. The molecule has 0 radical (unpaired) electrons. The van der Waals surface area contributed by atoms with E-state index in [0.717, 1.165) is 21.4 Å². The fraction of sp³-hybridized carbons (Fsp3) is 0.184. The number of hydrogen-bond donors (Lipinski definition) is 3. The van der Waals surface area contributed by atoms with Gasteiger partial charge in [0.15, 0.2) is 0 Å². The number of nitrogens with zero attached hydrogens (tertiary/aromatic N) is 2. The molecule has 0 aromatic heterocycles. The van der Waals surface area contributed by atoms with Crippen LogP contribution in [0.1, 0.15) is 35.1 Å². The van der Waals surface area contributed by atoms with Gasteiger partial charge in [-0.15, -0.1) is 4.99 Å². The first-order valence-electron chi connectivity index (χ1n) is 20.3. The van der Waals surface area contributed by atoms with Crippen LogP contribution in [-0.2, 0) is 50.0 Å². The highest BCUT2D eigenvalue weighted by Gasteiger charge is 2.30. The van der Waals surface area contributed by atoms with E-state index in [1.165, 1.54) is 0 Å². The Kier molecular flexibility index (Phi) is 16.3. The molecule has 6 aromatic carbocycles. The third-order valence-corrected chi connectivity index (χ3v) is 9.65. The minimum absolute atomic E-state index is 0.0151. The Bertz CT molecular complexity index is 2470. The first-order valence-corrected chi connectivity index (χ1v) is 20.3. The van der Waals surface area contributed by atoms with Crippen molar-refractivity contribution in [1.29, 1.82) is 0 Å². The van der Waals surface area contributed by atoms with Gasteiger partial charge in [0.25, 0.3) is 0 Å². The van der Waals surface area contributed by atoms with E-state index in [1.54, 1.807) is 103 Å². The Morgan fingerprint density at radius 2 is 1.10 bits per heavy atom. The van der Waals surface area contributed by atoms with Gasteiger partial charge in [0.1, 0.15) is 37.7 Å². The van der Waals surface area contributed by atoms with Crippen LogP contribution in [0, 0.1) is 0 Å². The third-order valence-electron chi connectivity index (χ3n) is 9.65. The minimum Gasteiger partial charge on any atom is -0.445 e. The summed E-state index contributed by atoms with van der Waals surface area (Å²) in [5.41, 5.74) is 9.15. The maximum atomic E-state index is 14.2. The molecule has 14 heteroatoms. The molecule has 0 aliphatic carbocycles. The number of carbonyl (C=O) groups is 5. The molecule has 0 bridgehead atoms. The number of carbonyl (C=O) groups excluding carboxylic acids is 5. The Morgan fingerprint density at radius 3 is 1.71 bits per heavy atom. The molecule has 4 N–H and O–H groups in total. The molecule has 0 saturated heterocycles. The van der Waals surface area contributed by atoms with Crippen molar-refractivity contribution in [2.24, 2.45) is 10.7 Å². The molecular formula is C49H47N5O9. The van der Waals surface area contributed by atoms with Crippen LogP contribution in [0.25, 0.3) is 10.8 Å². The Labute approximate surface area is 364 Å². The maximum Gasteiger partial charge on any atom is 0.437 e. The number of hydrogen-bond acceptors (Lipinski definition) is 9. The predicted octanol–water partition coefficient (Wildman–Crippen LogP) is 7.84. The minimum atomic E-state index is -1.31. The Morgan fingerprint density at radius 1 is 0.571 bits per heavy atom. The van der Waals surface area contributed by atoms with Crippen molar-refractivity contribution in [1.82, 2.24) is 15.5 Å². The lowest BCUT2D eigenvalue weighted by atomic mass is 10.0. The zero-order chi connectivity index (χ0) is 44.2. The fourth-order valence-electron chi connectivity index (χ4n) is 6.41. The van der Waals surface area contributed by atoms with Crippen LogP contribution in [0.5, 0.6) is 5.75 Å². The predicted molar refractivity (Wildman–Crippen MR) is 236 cm³/mol. The van der Waals surface area contributed by atoms with Gasteiger partial charge in [-0.25, -0.2) is 24.1 Å². The van der Waals surface area contributed by atoms with Gasteiger partial charge in [-0.2, -0.15) is 0 Å². The summed E-state index contributed by atoms with van der Waals surface area (Å²) in [5.74, 6) is -1.76. The summed E-state index contributed by atoms with van der Waals surface area (Å²) in [5, 5.41) is 6.92. The number of nitrogens with two attached hydrogens (primary N) is 1. The smallest absolute Gasteiger partial charge is 0.437 e. The zero-order valence-electron chi connectivity index (χ0n) is 34.3. The summed E-state index contributed by atoms with van der Waals surface area (Å²) in [7, 11) is 0. The van der Waals surface area contributed by atoms with E-state index in [-0.39, 0.29) is 51.4 Å². The lowest BCUT2D eigenvalue weighted by Crippen LogP contribution is -2.53. The molecule has 6 aromatic rings. The Balaban J connectivity index is 1.21. The molecule has 0 spiro atoms. The third kappa shape index (κ3) is 14.0. The van der Waals surface area contributed by atoms with E-state index in [0.29, 0.717) is 16.5 Å². The van der Waals surface area contributed by atoms with Gasteiger partial charge >= 0.3 is 24.2 Å². The van der Waals surface area contributed by atoms with Gasteiger partial charge in [-0.1, -0.05) is 158 Å². The number of amides is 4. The molecule has 0 saturated carbocycles. The maximum absolute atomic E-state index is 14.2. The number of aliphatic imine (C=N–C) groups is 1. The van der Waals surface area contributed by atoms with Gasteiger partial charge in [-0.05, 0) is 46.5 Å². The normalized spacial score (nSPS) is 12.0. The van der Waals surface area contributed by atoms with Crippen molar-refractivity contribution < 1.29 is 42.9 Å². The largest absolute Gasteiger partial charge is 0.445 e. The van der Waals surface area contributed by atoms with Crippen molar-refractivity contribution in [3.8, 4) is 5.75 Å². The van der Waals surface area contributed by atoms with Gasteiger partial charge in [-0.3, -0.25) is 4.79 Å². The second-order valence-electron chi connectivity index (χ2n) is 14.3. The molecule has 0 aliphatic heterocycles. The molecular weight excluding hydrogens is 803 g/mol. The standard InChI is InChI=1S/C49H47N5O9/c50-46(53-48(58)61-33-37-21-9-3-10-22-37)54(49(59)62-34-38-23-11-4-12-24-38)30-16-28-41(45(56)63-43-29-15-26-39-25-13-14-27-40(39)43)51-44(55)42(31-35-17-5-1-6-18-35)52-47(57)60-32-36-19-7-2-8-20-36/h1-15,17-27,29,41-42H,16,28,30-34H2,(H,51,55)(H,52,57)(H2,50,53,58)/t41-,42-/m0/s1. The lowest BCUT2D eigenvalue weighted by molar-refractivity contribution is -0.139. The number of alkyl carbamates (subject to hydrolysis) is 1. The summed E-state index contributed by atoms with van der Waals surface area (Å²) < 4.78 is 22.2. The molecule has 2 atom stereocenters. The topological polar surface area (TPSA) is 188 Å². The van der Waals surface area contributed by atoms with Gasteiger partial charge in [0.05, 0.1) is 0 Å². The van der Waals surface area contributed by atoms with Crippen molar-refractivity contribution >= 4 is 46.9 Å². The SMILES string of the molecule is NC(=NC(=O)OCc1ccccc1)N(CCC[C@H](NC(=O)[C@H](Cc1ccccc1)NC(=O)OCc1ccccc1)C(=O)Oc1cccc2ccccc12)C(=O)OCc1ccccc1. The summed E-state index contributed by atoms with van der Waals surface area (Å²) >= 11 is 0. The van der Waals surface area contributed by atoms with E-state index in [2.05, 4.69) is 15.6 Å². The highest BCUT2D eigenvalue weighted by Crippen LogP contribution is 2.26. The molecule has 0 heterocycles. The molecule has 0 fully saturated rings. The number of ether oxygens (including phenoxy) is 4. The number of benzene rings is 6. The number of esters is 1. The number of nitrogens with one attached hydrogen (secondary N) is 2. The van der Waals surface area contributed by atoms with E-state index < -0.39 is 48.2 Å². The van der Waals surface area contributed by atoms with Crippen molar-refractivity contribution in [2.75, 3.05) is 6.54 Å². The molecule has 14 nitrogen and oxygen atoms in total. The van der Waals surface area contributed by atoms with Gasteiger partial charge in [0, 0.05) is 18.4 Å². The first-order chi connectivity index (χ1) is 30.7. The lowest BCUT2D eigenvalue weighted by Gasteiger charge is -2.24. The fourth-order valence-corrected chi connectivity index (χ4v) is 6.41. The molecule has 63 heavy (non-hydrogen) atoms. The van der Waals surface area contributed by atoms with Crippen LogP contribution in [0.2, 0.25) is 0 Å². The van der Waals surface area contributed by atoms with Crippen LogP contribution in [0.3, 0.4) is 0 Å². The second-order valence-corrected chi connectivity index (χ2v) is 14.3. The number of rotatable bonds is 17. The quantitative estimate of drug-likeness (QED) is 0.0268. The Hall–Kier alpha value is -8.00. The zero-order valence-corrected chi connectivity index (χ0v) is 34.3. The van der Waals surface area contributed by atoms with Crippen LogP contribution in [0.4, 0.5) is 14.4 Å². The molecule has 0 unspecified atom stereocenters. The van der Waals surface area contributed by atoms with Crippen LogP contribution >= 0.6 is 0 Å². The number of guanidine groups is 1. The van der Waals surface area contributed by atoms with Crippen molar-refractivity contribution in [3.63, 3.8) is 0 Å². The highest BCUT2D eigenvalue weighted by molar-refractivity contribution is 5.98. The van der Waals surface area contributed by atoms with E-state index >= 15 is 0 Å². The van der Waals surface area contributed by atoms with E-state index in [1.807, 2.05) is 60.7 Å². The average Bonchev–Trinajstić information content (AvgIpc) is 3.31.